The van der Waals surface area contributed by atoms with Crippen LogP contribution in [0.3, 0.4) is 0 Å². The van der Waals surface area contributed by atoms with Gasteiger partial charge in [0.05, 0.1) is 19.3 Å². The van der Waals surface area contributed by atoms with Gasteiger partial charge in [0.15, 0.2) is 0 Å². The number of hydrogen-bond donors (Lipinski definition) is 1. The molecule has 0 saturated heterocycles. The summed E-state index contributed by atoms with van der Waals surface area (Å²) in [6.07, 6.45) is -0.718. The van der Waals surface area contributed by atoms with Gasteiger partial charge in [-0.2, -0.15) is 0 Å². The van der Waals surface area contributed by atoms with Crippen molar-refractivity contribution in [2.75, 3.05) is 19.0 Å². The molecule has 0 bridgehead atoms. The number of hydrogen-bond acceptors (Lipinski definition) is 4. The van der Waals surface area contributed by atoms with Crippen LogP contribution in [-0.4, -0.2) is 25.7 Å². The van der Waals surface area contributed by atoms with Crippen molar-refractivity contribution in [3.8, 4) is 5.75 Å². The minimum atomic E-state index is -0.718. The molecule has 0 spiro atoms. The Kier molecular flexibility index (Phi) is 2.45. The van der Waals surface area contributed by atoms with Gasteiger partial charge in [-0.15, -0.1) is 0 Å². The van der Waals surface area contributed by atoms with Crippen molar-refractivity contribution in [2.45, 2.75) is 6.10 Å². The third kappa shape index (κ3) is 1.86. The molecule has 1 aliphatic heterocycles. The van der Waals surface area contributed by atoms with Gasteiger partial charge < -0.3 is 14.8 Å². The van der Waals surface area contributed by atoms with Crippen LogP contribution in [0.25, 0.3) is 0 Å². The van der Waals surface area contributed by atoms with Crippen molar-refractivity contribution in [2.24, 2.45) is 0 Å². The standard InChI is InChI=1S/C10H10FNO3/c1-14-10(13)9-5-12-7-3-2-6(11)4-8(7)15-9/h2-4,9,12H,5H2,1H3/t9-/m0/s1. The van der Waals surface area contributed by atoms with E-state index in [0.717, 1.165) is 0 Å². The van der Waals surface area contributed by atoms with E-state index in [1.807, 2.05) is 0 Å². The Morgan fingerprint density at radius 1 is 1.67 bits per heavy atom. The summed E-state index contributed by atoms with van der Waals surface area (Å²) in [4.78, 5) is 11.2. The van der Waals surface area contributed by atoms with E-state index in [1.54, 1.807) is 6.07 Å². The first-order chi connectivity index (χ1) is 7.20. The zero-order valence-electron chi connectivity index (χ0n) is 8.12. The Balaban J connectivity index is 2.22. The van der Waals surface area contributed by atoms with Gasteiger partial charge in [0.2, 0.25) is 6.10 Å². The first-order valence-electron chi connectivity index (χ1n) is 4.48. The van der Waals surface area contributed by atoms with E-state index < -0.39 is 17.9 Å². The molecule has 15 heavy (non-hydrogen) atoms. The molecule has 1 aliphatic rings. The molecule has 0 fully saturated rings. The van der Waals surface area contributed by atoms with E-state index >= 15 is 0 Å². The summed E-state index contributed by atoms with van der Waals surface area (Å²) in [6.45, 7) is 0.325. The molecule has 5 heteroatoms. The predicted octanol–water partition coefficient (Wildman–Crippen LogP) is 1.17. The zero-order valence-corrected chi connectivity index (χ0v) is 8.12. The van der Waals surface area contributed by atoms with Gasteiger partial charge >= 0.3 is 5.97 Å². The van der Waals surface area contributed by atoms with Gasteiger partial charge in [-0.3, -0.25) is 0 Å². The molecule has 1 aromatic carbocycles. The molecular weight excluding hydrogens is 201 g/mol. The van der Waals surface area contributed by atoms with Crippen LogP contribution in [0, 0.1) is 5.82 Å². The zero-order chi connectivity index (χ0) is 10.8. The van der Waals surface area contributed by atoms with E-state index in [0.29, 0.717) is 18.0 Å². The van der Waals surface area contributed by atoms with E-state index in [-0.39, 0.29) is 0 Å². The molecule has 1 N–H and O–H groups in total. The average Bonchev–Trinajstić information content (AvgIpc) is 2.27. The number of benzene rings is 1. The summed E-state index contributed by atoms with van der Waals surface area (Å²) < 4.78 is 22.7. The van der Waals surface area contributed by atoms with Crippen LogP contribution in [0.15, 0.2) is 18.2 Å². The number of fused-ring (bicyclic) bond motifs is 1. The number of esters is 1. The van der Waals surface area contributed by atoms with Crippen LogP contribution in [0.4, 0.5) is 10.1 Å². The number of methoxy groups -OCH3 is 1. The molecule has 0 aromatic heterocycles. The smallest absolute Gasteiger partial charge is 0.348 e. The molecule has 0 radical (unpaired) electrons. The van der Waals surface area contributed by atoms with Crippen molar-refractivity contribution in [3.05, 3.63) is 24.0 Å². The van der Waals surface area contributed by atoms with Crippen molar-refractivity contribution in [1.82, 2.24) is 0 Å². The molecule has 0 saturated carbocycles. The summed E-state index contributed by atoms with van der Waals surface area (Å²) in [6, 6.07) is 4.13. The fraction of sp³-hybridized carbons (Fsp3) is 0.300. The van der Waals surface area contributed by atoms with Crippen molar-refractivity contribution >= 4 is 11.7 Å². The highest BCUT2D eigenvalue weighted by molar-refractivity contribution is 5.77. The summed E-state index contributed by atoms with van der Waals surface area (Å²) >= 11 is 0. The van der Waals surface area contributed by atoms with Gasteiger partial charge in [0, 0.05) is 6.07 Å². The van der Waals surface area contributed by atoms with Gasteiger partial charge in [-0.05, 0) is 12.1 Å². The second kappa shape index (κ2) is 3.76. The Bertz CT molecular complexity index is 394. The van der Waals surface area contributed by atoms with Crippen LogP contribution in [0.1, 0.15) is 0 Å². The molecule has 2 rings (SSSR count). The monoisotopic (exact) mass is 211 g/mol. The van der Waals surface area contributed by atoms with Gasteiger partial charge in [0.25, 0.3) is 0 Å². The maximum Gasteiger partial charge on any atom is 0.348 e. The quantitative estimate of drug-likeness (QED) is 0.708. The number of halogens is 1. The molecule has 80 valence electrons. The lowest BCUT2D eigenvalue weighted by molar-refractivity contribution is -0.148. The molecule has 0 unspecified atom stereocenters. The van der Waals surface area contributed by atoms with E-state index in [4.69, 9.17) is 4.74 Å². The van der Waals surface area contributed by atoms with Crippen molar-refractivity contribution in [3.63, 3.8) is 0 Å². The Morgan fingerprint density at radius 2 is 2.47 bits per heavy atom. The minimum absolute atomic E-state index is 0.325. The number of rotatable bonds is 1. The second-order valence-corrected chi connectivity index (χ2v) is 3.15. The minimum Gasteiger partial charge on any atom is -0.475 e. The number of carbonyl (C=O) groups is 1. The third-order valence-electron chi connectivity index (χ3n) is 2.15. The maximum absolute atomic E-state index is 12.9. The normalized spacial score (nSPS) is 18.4. The molecule has 0 aliphatic carbocycles. The van der Waals surface area contributed by atoms with Crippen molar-refractivity contribution < 1.29 is 18.7 Å². The summed E-state index contributed by atoms with van der Waals surface area (Å²) in [5, 5.41) is 2.96. The number of nitrogens with one attached hydrogen (secondary N) is 1. The van der Waals surface area contributed by atoms with E-state index in [1.165, 1.54) is 19.2 Å². The lowest BCUT2D eigenvalue weighted by Gasteiger charge is -2.25. The fourth-order valence-corrected chi connectivity index (χ4v) is 1.40. The topological polar surface area (TPSA) is 47.6 Å². The molecular formula is C10H10FNO3. The SMILES string of the molecule is COC(=O)[C@@H]1CNc2ccc(F)cc2O1. The molecule has 1 atom stereocenters. The van der Waals surface area contributed by atoms with Gasteiger partial charge in [-0.25, -0.2) is 9.18 Å². The molecule has 1 aromatic rings. The third-order valence-corrected chi connectivity index (χ3v) is 2.15. The number of anilines is 1. The Morgan fingerprint density at radius 3 is 3.20 bits per heavy atom. The second-order valence-electron chi connectivity index (χ2n) is 3.15. The largest absolute Gasteiger partial charge is 0.475 e. The lowest BCUT2D eigenvalue weighted by atomic mass is 10.2. The number of carbonyl (C=O) groups excluding carboxylic acids is 1. The Hall–Kier alpha value is -1.78. The molecule has 4 nitrogen and oxygen atoms in total. The van der Waals surface area contributed by atoms with Crippen molar-refractivity contribution in [1.29, 1.82) is 0 Å². The van der Waals surface area contributed by atoms with Crippen LogP contribution >= 0.6 is 0 Å². The summed E-state index contributed by atoms with van der Waals surface area (Å²) in [5.41, 5.74) is 0.677. The first-order valence-corrected chi connectivity index (χ1v) is 4.48. The summed E-state index contributed by atoms with van der Waals surface area (Å²) in [7, 11) is 1.28. The Labute approximate surface area is 86.0 Å². The van der Waals surface area contributed by atoms with E-state index in [9.17, 15) is 9.18 Å². The fourth-order valence-electron chi connectivity index (χ4n) is 1.40. The van der Waals surface area contributed by atoms with Crippen LogP contribution < -0.4 is 10.1 Å². The molecule has 0 amide bonds. The molecule has 1 heterocycles. The highest BCUT2D eigenvalue weighted by Crippen LogP contribution is 2.29. The lowest BCUT2D eigenvalue weighted by Crippen LogP contribution is -2.38. The average molecular weight is 211 g/mol. The van der Waals surface area contributed by atoms with Crippen LogP contribution in [0.5, 0.6) is 5.75 Å². The van der Waals surface area contributed by atoms with Crippen LogP contribution in [-0.2, 0) is 9.53 Å². The predicted molar refractivity (Wildman–Crippen MR) is 51.3 cm³/mol. The van der Waals surface area contributed by atoms with Crippen LogP contribution in [0.2, 0.25) is 0 Å². The van der Waals surface area contributed by atoms with E-state index in [2.05, 4.69) is 10.1 Å². The maximum atomic E-state index is 12.9. The highest BCUT2D eigenvalue weighted by atomic mass is 19.1. The number of ether oxygens (including phenoxy) is 2. The first kappa shape index (κ1) is 9.76. The van der Waals surface area contributed by atoms with Gasteiger partial charge in [0.1, 0.15) is 11.6 Å². The van der Waals surface area contributed by atoms with Gasteiger partial charge in [-0.1, -0.05) is 0 Å². The highest BCUT2D eigenvalue weighted by Gasteiger charge is 2.26. The summed E-state index contributed by atoms with van der Waals surface area (Å²) in [5.74, 6) is -0.546.